The van der Waals surface area contributed by atoms with E-state index in [-0.39, 0.29) is 29.3 Å². The zero-order valence-electron chi connectivity index (χ0n) is 16.1. The normalized spacial score (nSPS) is 18.5. The second-order valence-electron chi connectivity index (χ2n) is 7.10. The predicted octanol–water partition coefficient (Wildman–Crippen LogP) is 4.49. The highest BCUT2D eigenvalue weighted by molar-refractivity contribution is 6.32. The summed E-state index contributed by atoms with van der Waals surface area (Å²) in [6, 6.07) is 10.2. The number of nitrogens with one attached hydrogen (secondary N) is 1. The van der Waals surface area contributed by atoms with Crippen molar-refractivity contribution in [3.05, 3.63) is 47.0 Å². The van der Waals surface area contributed by atoms with Crippen LogP contribution in [0.5, 0.6) is 17.2 Å². The third-order valence-electron chi connectivity index (χ3n) is 5.09. The van der Waals surface area contributed by atoms with E-state index in [1.807, 2.05) is 18.2 Å². The lowest BCUT2D eigenvalue weighted by molar-refractivity contribution is -0.117. The van der Waals surface area contributed by atoms with Crippen LogP contribution in [-0.4, -0.2) is 43.7 Å². The van der Waals surface area contributed by atoms with Crippen LogP contribution in [0.1, 0.15) is 24.4 Å². The zero-order valence-corrected chi connectivity index (χ0v) is 16.8. The van der Waals surface area contributed by atoms with Gasteiger partial charge in [0.25, 0.3) is 0 Å². The first-order chi connectivity index (χ1) is 14.5. The fraction of sp³-hybridized carbons (Fsp3) is 0.381. The molecule has 2 aliphatic heterocycles. The van der Waals surface area contributed by atoms with Gasteiger partial charge in [-0.05, 0) is 55.3 Å². The molecule has 4 rings (SSSR count). The number of benzene rings is 2. The Balaban J connectivity index is 1.40. The Morgan fingerprint density at radius 2 is 2.00 bits per heavy atom. The second kappa shape index (κ2) is 9.06. The molecule has 6 nitrogen and oxygen atoms in total. The molecule has 0 spiro atoms. The van der Waals surface area contributed by atoms with E-state index in [0.717, 1.165) is 36.4 Å². The summed E-state index contributed by atoms with van der Waals surface area (Å²) in [4.78, 5) is 14.7. The van der Waals surface area contributed by atoms with Gasteiger partial charge in [0.15, 0.2) is 11.5 Å². The van der Waals surface area contributed by atoms with Crippen molar-refractivity contribution in [1.29, 1.82) is 0 Å². The van der Waals surface area contributed by atoms with Gasteiger partial charge in [-0.2, -0.15) is 8.78 Å². The van der Waals surface area contributed by atoms with Crippen molar-refractivity contribution in [1.82, 2.24) is 4.90 Å². The fourth-order valence-corrected chi connectivity index (χ4v) is 4.04. The number of carbonyl (C=O) groups is 1. The summed E-state index contributed by atoms with van der Waals surface area (Å²) >= 11 is 5.95. The molecule has 1 saturated heterocycles. The number of alkyl halides is 2. The van der Waals surface area contributed by atoms with Crippen molar-refractivity contribution in [3.63, 3.8) is 0 Å². The van der Waals surface area contributed by atoms with Crippen molar-refractivity contribution in [2.45, 2.75) is 25.5 Å². The molecule has 2 aromatic carbocycles. The molecule has 30 heavy (non-hydrogen) atoms. The monoisotopic (exact) mass is 438 g/mol. The minimum atomic E-state index is -2.96. The van der Waals surface area contributed by atoms with Crippen LogP contribution in [0.3, 0.4) is 0 Å². The van der Waals surface area contributed by atoms with E-state index >= 15 is 0 Å². The molecule has 0 aliphatic carbocycles. The number of anilines is 1. The maximum atomic E-state index is 12.6. The lowest BCUT2D eigenvalue weighted by atomic mass is 10.0. The lowest BCUT2D eigenvalue weighted by Gasteiger charge is -2.26. The van der Waals surface area contributed by atoms with Crippen molar-refractivity contribution in [2.24, 2.45) is 0 Å². The Labute approximate surface area is 177 Å². The number of halogens is 3. The standard InChI is InChI=1S/C21H21ClF2N2O4/c22-15-11-14(4-6-17(15)30-21(23)24)25-20(27)12-26-7-1-2-16(26)13-3-5-18-19(10-13)29-9-8-28-18/h3-6,10-11,16,21H,1-2,7-9,12H2,(H,25,27). The van der Waals surface area contributed by atoms with Gasteiger partial charge in [-0.15, -0.1) is 0 Å². The molecule has 9 heteroatoms. The van der Waals surface area contributed by atoms with Gasteiger partial charge >= 0.3 is 6.61 Å². The predicted molar refractivity (Wildman–Crippen MR) is 108 cm³/mol. The Morgan fingerprint density at radius 1 is 1.20 bits per heavy atom. The van der Waals surface area contributed by atoms with Crippen molar-refractivity contribution in [3.8, 4) is 17.2 Å². The van der Waals surface area contributed by atoms with E-state index < -0.39 is 6.61 Å². The van der Waals surface area contributed by atoms with E-state index in [9.17, 15) is 13.6 Å². The van der Waals surface area contributed by atoms with Gasteiger partial charge in [0.05, 0.1) is 11.6 Å². The number of ether oxygens (including phenoxy) is 3. The summed E-state index contributed by atoms with van der Waals surface area (Å²) in [5, 5.41) is 2.76. The summed E-state index contributed by atoms with van der Waals surface area (Å²) in [5.41, 5.74) is 1.50. The molecule has 1 amide bonds. The van der Waals surface area contributed by atoms with Gasteiger partial charge in [0.2, 0.25) is 5.91 Å². The fourth-order valence-electron chi connectivity index (χ4n) is 3.82. The largest absolute Gasteiger partial charge is 0.486 e. The van der Waals surface area contributed by atoms with Gasteiger partial charge < -0.3 is 19.5 Å². The van der Waals surface area contributed by atoms with E-state index in [2.05, 4.69) is 15.0 Å². The van der Waals surface area contributed by atoms with E-state index in [1.165, 1.54) is 18.2 Å². The first-order valence-electron chi connectivity index (χ1n) is 9.67. The third-order valence-corrected chi connectivity index (χ3v) is 5.39. The molecule has 160 valence electrons. The maximum Gasteiger partial charge on any atom is 0.387 e. The molecule has 0 aromatic heterocycles. The minimum absolute atomic E-state index is 0.00317. The van der Waals surface area contributed by atoms with Crippen molar-refractivity contribution in [2.75, 3.05) is 31.6 Å². The van der Waals surface area contributed by atoms with Crippen LogP contribution in [0, 0.1) is 0 Å². The highest BCUT2D eigenvalue weighted by atomic mass is 35.5. The Kier molecular flexibility index (Phi) is 6.24. The summed E-state index contributed by atoms with van der Waals surface area (Å²) < 4.78 is 40.2. The van der Waals surface area contributed by atoms with Crippen LogP contribution >= 0.6 is 11.6 Å². The van der Waals surface area contributed by atoms with Crippen LogP contribution in [0.25, 0.3) is 0 Å². The highest BCUT2D eigenvalue weighted by Crippen LogP contribution is 2.38. The quantitative estimate of drug-likeness (QED) is 0.720. The topological polar surface area (TPSA) is 60.0 Å². The summed E-state index contributed by atoms with van der Waals surface area (Å²) in [5.74, 6) is 1.13. The van der Waals surface area contributed by atoms with Gasteiger partial charge in [-0.1, -0.05) is 17.7 Å². The molecule has 2 heterocycles. The number of amides is 1. The zero-order chi connectivity index (χ0) is 21.1. The van der Waals surface area contributed by atoms with Gasteiger partial charge in [-0.3, -0.25) is 9.69 Å². The lowest BCUT2D eigenvalue weighted by Crippen LogP contribution is -2.33. The summed E-state index contributed by atoms with van der Waals surface area (Å²) in [7, 11) is 0. The summed E-state index contributed by atoms with van der Waals surface area (Å²) in [6.45, 7) is -0.894. The Hall–Kier alpha value is -2.58. The Morgan fingerprint density at radius 3 is 2.77 bits per heavy atom. The van der Waals surface area contributed by atoms with Crippen LogP contribution in [-0.2, 0) is 4.79 Å². The molecule has 1 atom stereocenters. The molecule has 0 saturated carbocycles. The minimum Gasteiger partial charge on any atom is -0.486 e. The van der Waals surface area contributed by atoms with Crippen LogP contribution in [0.2, 0.25) is 5.02 Å². The average Bonchev–Trinajstić information content (AvgIpc) is 3.17. The number of nitrogens with zero attached hydrogens (tertiary/aromatic N) is 1. The number of hydrogen-bond donors (Lipinski definition) is 1. The van der Waals surface area contributed by atoms with Gasteiger partial charge in [0.1, 0.15) is 19.0 Å². The van der Waals surface area contributed by atoms with Crippen molar-refractivity contribution < 1.29 is 27.8 Å². The molecule has 0 bridgehead atoms. The number of rotatable bonds is 6. The van der Waals surface area contributed by atoms with Crippen LogP contribution in [0.4, 0.5) is 14.5 Å². The molecule has 1 unspecified atom stereocenters. The Bertz CT molecular complexity index is 928. The first-order valence-corrected chi connectivity index (χ1v) is 10.1. The van der Waals surface area contributed by atoms with E-state index in [4.69, 9.17) is 21.1 Å². The molecule has 1 N–H and O–H groups in total. The molecule has 2 aromatic rings. The van der Waals surface area contributed by atoms with Gasteiger partial charge in [-0.25, -0.2) is 0 Å². The van der Waals surface area contributed by atoms with Crippen LogP contribution < -0.4 is 19.5 Å². The molecule has 2 aliphatic rings. The highest BCUT2D eigenvalue weighted by Gasteiger charge is 2.28. The summed E-state index contributed by atoms with van der Waals surface area (Å²) in [6.07, 6.45) is 1.93. The van der Waals surface area contributed by atoms with Gasteiger partial charge in [0, 0.05) is 11.7 Å². The molecule has 0 radical (unpaired) electrons. The maximum absolute atomic E-state index is 12.6. The number of likely N-dealkylation sites (tertiary alicyclic amines) is 1. The molecular formula is C21H21ClF2N2O4. The average molecular weight is 439 g/mol. The SMILES string of the molecule is O=C(CN1CCCC1c1ccc2c(c1)OCCO2)Nc1ccc(OC(F)F)c(Cl)c1. The third kappa shape index (κ3) is 4.76. The molecule has 1 fully saturated rings. The molecular weight excluding hydrogens is 418 g/mol. The smallest absolute Gasteiger partial charge is 0.387 e. The van der Waals surface area contributed by atoms with E-state index in [1.54, 1.807) is 0 Å². The van der Waals surface area contributed by atoms with Crippen LogP contribution in [0.15, 0.2) is 36.4 Å². The number of hydrogen-bond acceptors (Lipinski definition) is 5. The number of carbonyl (C=O) groups excluding carboxylic acids is 1. The number of fused-ring (bicyclic) bond motifs is 1. The second-order valence-corrected chi connectivity index (χ2v) is 7.51. The van der Waals surface area contributed by atoms with Crippen molar-refractivity contribution >= 4 is 23.2 Å². The van der Waals surface area contributed by atoms with E-state index in [0.29, 0.717) is 18.9 Å². The first kappa shape index (κ1) is 20.7.